The van der Waals surface area contributed by atoms with Gasteiger partial charge in [0.25, 0.3) is 0 Å². The molecule has 6 heteroatoms. The van der Waals surface area contributed by atoms with Gasteiger partial charge in [0.1, 0.15) is 5.75 Å². The molecule has 0 saturated carbocycles. The quantitative estimate of drug-likeness (QED) is 0.358. The summed E-state index contributed by atoms with van der Waals surface area (Å²) in [4.78, 5) is 0. The van der Waals surface area contributed by atoms with Gasteiger partial charge in [0.05, 0.1) is 7.11 Å². The van der Waals surface area contributed by atoms with Crippen LogP contribution in [0, 0.1) is 0 Å². The van der Waals surface area contributed by atoms with Gasteiger partial charge in [-0.05, 0) is 58.7 Å². The van der Waals surface area contributed by atoms with Gasteiger partial charge < -0.3 is 19.5 Å². The van der Waals surface area contributed by atoms with Crippen LogP contribution in [-0.2, 0) is 6.54 Å². The second-order valence-corrected chi connectivity index (χ2v) is 8.03. The predicted molar refractivity (Wildman–Crippen MR) is 124 cm³/mol. The van der Waals surface area contributed by atoms with Crippen molar-refractivity contribution in [1.82, 2.24) is 5.32 Å². The van der Waals surface area contributed by atoms with Gasteiger partial charge in [-0.25, -0.2) is 0 Å². The van der Waals surface area contributed by atoms with Crippen LogP contribution in [0.25, 0.3) is 21.9 Å². The molecule has 0 radical (unpaired) electrons. The average Bonchev–Trinajstić information content (AvgIpc) is 3.14. The Morgan fingerprint density at radius 3 is 2.55 bits per heavy atom. The first kappa shape index (κ1) is 21.2. The Labute approximate surface area is 190 Å². The summed E-state index contributed by atoms with van der Waals surface area (Å²) in [5.41, 5.74) is 3.77. The SMILES string of the molecule is COc1ccc(CN[C@H](C)c2cccc3ccccc23)cc1-c1ccc2c(c1)OC(F)(F)O2. The van der Waals surface area contributed by atoms with E-state index in [9.17, 15) is 8.78 Å². The highest BCUT2D eigenvalue weighted by Crippen LogP contribution is 2.44. The number of hydrogen-bond donors (Lipinski definition) is 1. The van der Waals surface area contributed by atoms with E-state index in [2.05, 4.69) is 58.1 Å². The molecular weight excluding hydrogens is 424 g/mol. The fourth-order valence-corrected chi connectivity index (χ4v) is 4.22. The number of halogens is 2. The molecule has 0 bridgehead atoms. The largest absolute Gasteiger partial charge is 0.586 e. The number of fused-ring (bicyclic) bond motifs is 2. The molecule has 1 aliphatic rings. The molecule has 0 saturated heterocycles. The molecule has 5 rings (SSSR count). The average molecular weight is 447 g/mol. The van der Waals surface area contributed by atoms with Crippen molar-refractivity contribution < 1.29 is 23.0 Å². The second-order valence-electron chi connectivity index (χ2n) is 8.03. The van der Waals surface area contributed by atoms with Crippen molar-refractivity contribution in [3.8, 4) is 28.4 Å². The minimum absolute atomic E-state index is 0.00709. The molecule has 1 heterocycles. The number of rotatable bonds is 6. The summed E-state index contributed by atoms with van der Waals surface area (Å²) < 4.78 is 41.5. The predicted octanol–water partition coefficient (Wildman–Crippen LogP) is 6.69. The molecule has 0 aromatic heterocycles. The lowest BCUT2D eigenvalue weighted by Gasteiger charge is -2.18. The summed E-state index contributed by atoms with van der Waals surface area (Å²) in [5, 5.41) is 6.03. The van der Waals surface area contributed by atoms with Crippen LogP contribution < -0.4 is 19.5 Å². The van der Waals surface area contributed by atoms with Crippen LogP contribution in [0.3, 0.4) is 0 Å². The summed E-state index contributed by atoms with van der Waals surface area (Å²) >= 11 is 0. The molecule has 0 unspecified atom stereocenters. The van der Waals surface area contributed by atoms with Crippen molar-refractivity contribution in [2.45, 2.75) is 25.8 Å². The smallest absolute Gasteiger partial charge is 0.496 e. The highest BCUT2D eigenvalue weighted by atomic mass is 19.3. The first-order chi connectivity index (χ1) is 15.9. The molecule has 4 aromatic rings. The minimum atomic E-state index is -3.64. The van der Waals surface area contributed by atoms with Crippen LogP contribution in [0.2, 0.25) is 0 Å². The molecule has 1 N–H and O–H groups in total. The Kier molecular flexibility index (Phi) is 5.38. The van der Waals surface area contributed by atoms with E-state index in [4.69, 9.17) is 4.74 Å². The van der Waals surface area contributed by atoms with Gasteiger partial charge in [0, 0.05) is 18.2 Å². The number of hydrogen-bond acceptors (Lipinski definition) is 4. The second kappa shape index (κ2) is 8.37. The highest BCUT2D eigenvalue weighted by molar-refractivity contribution is 5.86. The zero-order chi connectivity index (χ0) is 23.0. The van der Waals surface area contributed by atoms with Crippen LogP contribution >= 0.6 is 0 Å². The zero-order valence-corrected chi connectivity index (χ0v) is 18.3. The van der Waals surface area contributed by atoms with E-state index < -0.39 is 6.29 Å². The van der Waals surface area contributed by atoms with E-state index in [0.717, 1.165) is 11.1 Å². The van der Waals surface area contributed by atoms with Gasteiger partial charge in [-0.3, -0.25) is 0 Å². The molecule has 4 nitrogen and oxygen atoms in total. The van der Waals surface area contributed by atoms with Gasteiger partial charge in [-0.15, -0.1) is 8.78 Å². The van der Waals surface area contributed by atoms with E-state index >= 15 is 0 Å². The van der Waals surface area contributed by atoms with E-state index in [-0.39, 0.29) is 17.5 Å². The summed E-state index contributed by atoms with van der Waals surface area (Å²) in [6, 6.07) is 25.4. The van der Waals surface area contributed by atoms with Crippen LogP contribution in [0.4, 0.5) is 8.78 Å². The molecule has 33 heavy (non-hydrogen) atoms. The van der Waals surface area contributed by atoms with Crippen molar-refractivity contribution in [2.24, 2.45) is 0 Å². The molecule has 168 valence electrons. The van der Waals surface area contributed by atoms with E-state index in [1.54, 1.807) is 19.2 Å². The third-order valence-electron chi connectivity index (χ3n) is 5.88. The minimum Gasteiger partial charge on any atom is -0.496 e. The standard InChI is InChI=1S/C27H23F2NO3/c1-17(21-9-5-7-19-6-3-4-8-22(19)21)30-16-18-10-12-24(31-2)23(14-18)20-11-13-25-26(15-20)33-27(28,29)32-25/h3-15,17,30H,16H2,1-2H3/t17-/m1/s1. The summed E-state index contributed by atoms with van der Waals surface area (Å²) in [5.74, 6) is 0.670. The molecule has 1 aliphatic heterocycles. The third kappa shape index (κ3) is 4.22. The van der Waals surface area contributed by atoms with Crippen molar-refractivity contribution in [2.75, 3.05) is 7.11 Å². The van der Waals surface area contributed by atoms with Gasteiger partial charge >= 0.3 is 6.29 Å². The molecular formula is C27H23F2NO3. The lowest BCUT2D eigenvalue weighted by Crippen LogP contribution is -2.25. The van der Waals surface area contributed by atoms with E-state index in [0.29, 0.717) is 17.9 Å². The molecule has 0 fully saturated rings. The van der Waals surface area contributed by atoms with Crippen molar-refractivity contribution >= 4 is 10.8 Å². The number of alkyl halides is 2. The third-order valence-corrected chi connectivity index (χ3v) is 5.88. The fraction of sp³-hybridized carbons (Fsp3) is 0.185. The number of benzene rings is 4. The molecule has 0 amide bonds. The number of nitrogens with one attached hydrogen (secondary N) is 1. The van der Waals surface area contributed by atoms with Crippen LogP contribution in [0.1, 0.15) is 24.1 Å². The van der Waals surface area contributed by atoms with E-state index in [1.807, 2.05) is 24.3 Å². The van der Waals surface area contributed by atoms with Crippen molar-refractivity contribution in [3.05, 3.63) is 90.0 Å². The Morgan fingerprint density at radius 2 is 1.70 bits per heavy atom. The fourth-order valence-electron chi connectivity index (χ4n) is 4.22. The lowest BCUT2D eigenvalue weighted by atomic mass is 9.99. The van der Waals surface area contributed by atoms with Gasteiger partial charge in [-0.1, -0.05) is 54.6 Å². The summed E-state index contributed by atoms with van der Waals surface area (Å²) in [6.45, 7) is 2.77. The van der Waals surface area contributed by atoms with Crippen LogP contribution in [0.15, 0.2) is 78.9 Å². The number of ether oxygens (including phenoxy) is 3. The Morgan fingerprint density at radius 1 is 0.909 bits per heavy atom. The maximum Gasteiger partial charge on any atom is 0.586 e. The normalized spacial score (nSPS) is 14.9. The molecule has 1 atom stereocenters. The monoisotopic (exact) mass is 447 g/mol. The zero-order valence-electron chi connectivity index (χ0n) is 18.3. The lowest BCUT2D eigenvalue weighted by molar-refractivity contribution is -0.286. The molecule has 0 spiro atoms. The van der Waals surface area contributed by atoms with E-state index in [1.165, 1.54) is 22.4 Å². The first-order valence-corrected chi connectivity index (χ1v) is 10.7. The summed E-state index contributed by atoms with van der Waals surface area (Å²) in [7, 11) is 1.58. The number of methoxy groups -OCH3 is 1. The van der Waals surface area contributed by atoms with Crippen LogP contribution in [-0.4, -0.2) is 13.4 Å². The maximum atomic E-state index is 13.4. The Hall–Kier alpha value is -3.64. The first-order valence-electron chi connectivity index (χ1n) is 10.7. The van der Waals surface area contributed by atoms with Gasteiger partial charge in [-0.2, -0.15) is 0 Å². The highest BCUT2D eigenvalue weighted by Gasteiger charge is 2.43. The van der Waals surface area contributed by atoms with Crippen molar-refractivity contribution in [3.63, 3.8) is 0 Å². The van der Waals surface area contributed by atoms with Gasteiger partial charge in [0.15, 0.2) is 11.5 Å². The Balaban J connectivity index is 1.39. The topological polar surface area (TPSA) is 39.7 Å². The Bertz CT molecular complexity index is 1320. The van der Waals surface area contributed by atoms with Crippen LogP contribution in [0.5, 0.6) is 17.2 Å². The molecule has 4 aromatic carbocycles. The maximum absolute atomic E-state index is 13.4. The summed E-state index contributed by atoms with van der Waals surface area (Å²) in [6.07, 6.45) is -3.64. The van der Waals surface area contributed by atoms with Gasteiger partial charge in [0.2, 0.25) is 0 Å². The van der Waals surface area contributed by atoms with Crippen molar-refractivity contribution in [1.29, 1.82) is 0 Å². The molecule has 0 aliphatic carbocycles.